The summed E-state index contributed by atoms with van der Waals surface area (Å²) in [5.74, 6) is 1.73. The first-order chi connectivity index (χ1) is 15.0. The fourth-order valence-electron chi connectivity index (χ4n) is 3.11. The van der Waals surface area contributed by atoms with Gasteiger partial charge in [0.1, 0.15) is 11.5 Å². The first-order valence-corrected chi connectivity index (χ1v) is 10.0. The van der Waals surface area contributed by atoms with Gasteiger partial charge in [-0.05, 0) is 57.2 Å². The lowest BCUT2D eigenvalue weighted by atomic mass is 10.1. The Morgan fingerprint density at radius 2 is 1.87 bits per heavy atom. The lowest BCUT2D eigenvalue weighted by Crippen LogP contribution is -2.30. The Hall–Kier alpha value is -3.94. The second kappa shape index (κ2) is 8.83. The maximum absolute atomic E-state index is 12.7. The monoisotopic (exact) mass is 417 g/mol. The molecule has 0 aliphatic carbocycles. The number of hydrogen-bond donors (Lipinski definition) is 1. The van der Waals surface area contributed by atoms with E-state index in [1.165, 1.54) is 0 Å². The Bertz CT molecular complexity index is 1220. The van der Waals surface area contributed by atoms with Crippen LogP contribution in [-0.2, 0) is 4.79 Å². The smallest absolute Gasteiger partial charge is 0.265 e. The molecule has 2 heterocycles. The van der Waals surface area contributed by atoms with E-state index in [1.807, 2.05) is 62.4 Å². The van der Waals surface area contributed by atoms with Gasteiger partial charge >= 0.3 is 0 Å². The number of hydrogen-bond acceptors (Lipinski definition) is 6. The van der Waals surface area contributed by atoms with Crippen molar-refractivity contribution >= 4 is 17.2 Å². The third kappa shape index (κ3) is 4.63. The number of carbonyl (C=O) groups excluding carboxylic acids is 1. The zero-order valence-electron chi connectivity index (χ0n) is 17.6. The molecular formula is C23H23N5O3. The van der Waals surface area contributed by atoms with Crippen molar-refractivity contribution in [1.82, 2.24) is 19.8 Å². The average molecular weight is 417 g/mol. The summed E-state index contributed by atoms with van der Waals surface area (Å²) in [7, 11) is 0. The van der Waals surface area contributed by atoms with Gasteiger partial charge in [0.15, 0.2) is 17.6 Å². The lowest BCUT2D eigenvalue weighted by Gasteiger charge is -2.16. The number of rotatable bonds is 7. The van der Waals surface area contributed by atoms with Crippen LogP contribution >= 0.6 is 0 Å². The van der Waals surface area contributed by atoms with Gasteiger partial charge in [-0.2, -0.15) is 9.61 Å². The molecule has 8 nitrogen and oxygen atoms in total. The number of anilines is 1. The van der Waals surface area contributed by atoms with Crippen LogP contribution in [0.5, 0.6) is 11.5 Å². The highest BCUT2D eigenvalue weighted by atomic mass is 16.5. The van der Waals surface area contributed by atoms with Gasteiger partial charge in [-0.15, -0.1) is 10.2 Å². The van der Waals surface area contributed by atoms with Crippen LogP contribution in [0.4, 0.5) is 5.69 Å². The van der Waals surface area contributed by atoms with Gasteiger partial charge in [-0.3, -0.25) is 4.79 Å². The van der Waals surface area contributed by atoms with Crippen molar-refractivity contribution in [3.8, 4) is 22.8 Å². The molecular weight excluding hydrogens is 394 g/mol. The molecule has 4 rings (SSSR count). The Morgan fingerprint density at radius 3 is 2.71 bits per heavy atom. The van der Waals surface area contributed by atoms with E-state index < -0.39 is 6.10 Å². The van der Waals surface area contributed by atoms with Crippen molar-refractivity contribution in [2.45, 2.75) is 26.9 Å². The first kappa shape index (κ1) is 20.3. The summed E-state index contributed by atoms with van der Waals surface area (Å²) in [4.78, 5) is 12.7. The predicted octanol–water partition coefficient (Wildman–Crippen LogP) is 3.90. The Kier molecular flexibility index (Phi) is 5.79. The van der Waals surface area contributed by atoms with Crippen molar-refractivity contribution in [2.24, 2.45) is 0 Å². The summed E-state index contributed by atoms with van der Waals surface area (Å²) in [5.41, 5.74) is 2.96. The summed E-state index contributed by atoms with van der Waals surface area (Å²) in [6.45, 7) is 6.03. The number of carbonyl (C=O) groups is 1. The van der Waals surface area contributed by atoms with E-state index in [-0.39, 0.29) is 5.91 Å². The van der Waals surface area contributed by atoms with E-state index in [0.29, 0.717) is 35.3 Å². The summed E-state index contributed by atoms with van der Waals surface area (Å²) < 4.78 is 12.9. The summed E-state index contributed by atoms with van der Waals surface area (Å²) in [6, 6.07) is 18.5. The van der Waals surface area contributed by atoms with Crippen LogP contribution in [0.2, 0.25) is 0 Å². The molecule has 158 valence electrons. The minimum absolute atomic E-state index is 0.253. The van der Waals surface area contributed by atoms with Crippen LogP contribution in [-0.4, -0.2) is 38.4 Å². The van der Waals surface area contributed by atoms with E-state index in [2.05, 4.69) is 20.6 Å². The topological polar surface area (TPSA) is 90.6 Å². The van der Waals surface area contributed by atoms with E-state index in [4.69, 9.17) is 9.47 Å². The molecule has 0 radical (unpaired) electrons. The predicted molar refractivity (Wildman–Crippen MR) is 117 cm³/mol. The Balaban J connectivity index is 1.47. The molecule has 1 N–H and O–H groups in total. The molecule has 0 fully saturated rings. The number of amides is 1. The SMILES string of the molecule is CCOc1cccc(OC(C)C(=O)Nc2cccc(-c3ccc4nnc(C)n4n3)c2)c1. The molecule has 0 aliphatic rings. The highest BCUT2D eigenvalue weighted by Gasteiger charge is 2.16. The Morgan fingerprint density at radius 1 is 1.06 bits per heavy atom. The molecule has 8 heteroatoms. The molecule has 1 amide bonds. The molecule has 2 aromatic carbocycles. The van der Waals surface area contributed by atoms with Gasteiger partial charge in [0, 0.05) is 17.3 Å². The average Bonchev–Trinajstić information content (AvgIpc) is 3.14. The maximum atomic E-state index is 12.7. The van der Waals surface area contributed by atoms with Crippen LogP contribution in [0.3, 0.4) is 0 Å². The van der Waals surface area contributed by atoms with Crippen LogP contribution < -0.4 is 14.8 Å². The number of fused-ring (bicyclic) bond motifs is 1. The molecule has 0 spiro atoms. The van der Waals surface area contributed by atoms with Crippen LogP contribution in [0.1, 0.15) is 19.7 Å². The standard InChI is InChI=1S/C23H23N5O3/c1-4-30-19-9-6-10-20(14-19)31-15(2)23(29)24-18-8-5-7-17(13-18)21-11-12-22-26-25-16(3)28(22)27-21/h5-15H,4H2,1-3H3,(H,24,29). The second-order valence-electron chi connectivity index (χ2n) is 6.97. The number of aromatic nitrogens is 4. The largest absolute Gasteiger partial charge is 0.494 e. The van der Waals surface area contributed by atoms with Crippen LogP contribution in [0, 0.1) is 6.92 Å². The maximum Gasteiger partial charge on any atom is 0.265 e. The molecule has 0 saturated carbocycles. The number of ether oxygens (including phenoxy) is 2. The van der Waals surface area contributed by atoms with Gasteiger partial charge in [-0.25, -0.2) is 0 Å². The van der Waals surface area contributed by atoms with Gasteiger partial charge in [0.2, 0.25) is 0 Å². The van der Waals surface area contributed by atoms with Crippen LogP contribution in [0.25, 0.3) is 16.9 Å². The number of benzene rings is 2. The molecule has 0 bridgehead atoms. The molecule has 0 saturated heterocycles. The summed E-state index contributed by atoms with van der Waals surface area (Å²) in [6.07, 6.45) is -0.685. The lowest BCUT2D eigenvalue weighted by molar-refractivity contribution is -0.122. The summed E-state index contributed by atoms with van der Waals surface area (Å²) >= 11 is 0. The third-order valence-electron chi connectivity index (χ3n) is 4.64. The second-order valence-corrected chi connectivity index (χ2v) is 6.97. The van der Waals surface area contributed by atoms with E-state index in [9.17, 15) is 4.79 Å². The van der Waals surface area contributed by atoms with E-state index in [0.717, 1.165) is 11.3 Å². The number of aryl methyl sites for hydroxylation is 1. The van der Waals surface area contributed by atoms with Crippen molar-refractivity contribution < 1.29 is 14.3 Å². The normalized spacial score (nSPS) is 11.8. The Labute approximate surface area is 179 Å². The van der Waals surface area contributed by atoms with Gasteiger partial charge in [0.05, 0.1) is 12.3 Å². The van der Waals surface area contributed by atoms with Crippen LogP contribution in [0.15, 0.2) is 60.7 Å². The molecule has 0 aliphatic heterocycles. The van der Waals surface area contributed by atoms with Crippen molar-refractivity contribution in [2.75, 3.05) is 11.9 Å². The number of nitrogens with one attached hydrogen (secondary N) is 1. The highest BCUT2D eigenvalue weighted by Crippen LogP contribution is 2.23. The van der Waals surface area contributed by atoms with E-state index in [1.54, 1.807) is 23.6 Å². The first-order valence-electron chi connectivity index (χ1n) is 10.0. The quantitative estimate of drug-likeness (QED) is 0.490. The third-order valence-corrected chi connectivity index (χ3v) is 4.64. The molecule has 4 aromatic rings. The van der Waals surface area contributed by atoms with Crippen molar-refractivity contribution in [1.29, 1.82) is 0 Å². The van der Waals surface area contributed by atoms with Crippen molar-refractivity contribution in [3.05, 3.63) is 66.5 Å². The van der Waals surface area contributed by atoms with Gasteiger partial charge in [0.25, 0.3) is 5.91 Å². The fourth-order valence-corrected chi connectivity index (χ4v) is 3.11. The zero-order valence-corrected chi connectivity index (χ0v) is 17.6. The minimum Gasteiger partial charge on any atom is -0.494 e. The molecule has 1 unspecified atom stereocenters. The van der Waals surface area contributed by atoms with Crippen molar-refractivity contribution in [3.63, 3.8) is 0 Å². The molecule has 2 aromatic heterocycles. The zero-order chi connectivity index (χ0) is 21.8. The summed E-state index contributed by atoms with van der Waals surface area (Å²) in [5, 5.41) is 15.6. The van der Waals surface area contributed by atoms with Gasteiger partial charge in [-0.1, -0.05) is 18.2 Å². The van der Waals surface area contributed by atoms with Gasteiger partial charge < -0.3 is 14.8 Å². The molecule has 1 atom stereocenters. The molecule has 31 heavy (non-hydrogen) atoms. The fraction of sp³-hybridized carbons (Fsp3) is 0.217. The number of nitrogens with zero attached hydrogens (tertiary/aromatic N) is 4. The minimum atomic E-state index is -0.685. The highest BCUT2D eigenvalue weighted by molar-refractivity contribution is 5.94. The van der Waals surface area contributed by atoms with E-state index >= 15 is 0 Å².